The van der Waals surface area contributed by atoms with Crippen molar-refractivity contribution in [2.24, 2.45) is 0 Å². The van der Waals surface area contributed by atoms with Gasteiger partial charge in [-0.2, -0.15) is 0 Å². The molecule has 0 fully saturated rings. The highest BCUT2D eigenvalue weighted by molar-refractivity contribution is 5.49. The number of allylic oxidation sites excluding steroid dienone is 2. The van der Waals surface area contributed by atoms with Crippen LogP contribution in [0.3, 0.4) is 0 Å². The molecule has 1 nitrogen and oxygen atoms in total. The van der Waals surface area contributed by atoms with Gasteiger partial charge in [0.05, 0.1) is 0 Å². The van der Waals surface area contributed by atoms with Gasteiger partial charge in [-0.05, 0) is 17.7 Å². The van der Waals surface area contributed by atoms with Gasteiger partial charge in [0.25, 0.3) is 0 Å². The van der Waals surface area contributed by atoms with Gasteiger partial charge in [-0.25, -0.2) is 0 Å². The number of hydrogen-bond donors (Lipinski definition) is 0. The molecule has 12 heavy (non-hydrogen) atoms. The van der Waals surface area contributed by atoms with Crippen LogP contribution in [0.4, 0.5) is 0 Å². The van der Waals surface area contributed by atoms with E-state index >= 15 is 0 Å². The third-order valence-electron chi connectivity index (χ3n) is 1.41. The van der Waals surface area contributed by atoms with Crippen LogP contribution in [0.2, 0.25) is 0 Å². The van der Waals surface area contributed by atoms with Crippen LogP contribution in [0, 0.1) is 0 Å². The van der Waals surface area contributed by atoms with Gasteiger partial charge in [0, 0.05) is 0 Å². The lowest BCUT2D eigenvalue weighted by Crippen LogP contribution is -1.87. The molecule has 0 aromatic heterocycles. The van der Waals surface area contributed by atoms with Crippen molar-refractivity contribution in [3.8, 4) is 0 Å². The van der Waals surface area contributed by atoms with Crippen molar-refractivity contribution >= 4 is 6.08 Å². The van der Waals surface area contributed by atoms with Crippen LogP contribution in [0.25, 0.3) is 6.08 Å². The second kappa shape index (κ2) is 4.29. The molecule has 1 aromatic rings. The maximum absolute atomic E-state index is 10.9. The van der Waals surface area contributed by atoms with Crippen LogP contribution in [0.5, 0.6) is 0 Å². The molecule has 0 saturated heterocycles. The van der Waals surface area contributed by atoms with Gasteiger partial charge >= 0.3 is 0 Å². The third kappa shape index (κ3) is 2.54. The van der Waals surface area contributed by atoms with E-state index in [2.05, 4.69) is 6.58 Å². The molecule has 0 radical (unpaired) electrons. The van der Waals surface area contributed by atoms with E-state index in [1.165, 1.54) is 6.07 Å². The van der Waals surface area contributed by atoms with Crippen molar-refractivity contribution in [2.45, 2.75) is 0 Å². The minimum atomic E-state index is 0.0215. The molecule has 0 saturated carbocycles. The quantitative estimate of drug-likeness (QED) is 0.603. The van der Waals surface area contributed by atoms with E-state index in [1.807, 2.05) is 18.2 Å². The smallest absolute Gasteiger partial charge is 0.178 e. The van der Waals surface area contributed by atoms with Crippen molar-refractivity contribution in [3.05, 3.63) is 64.8 Å². The first-order valence-corrected chi connectivity index (χ1v) is 3.72. The predicted octanol–water partition coefficient (Wildman–Crippen LogP) is 2.25. The summed E-state index contributed by atoms with van der Waals surface area (Å²) in [6.45, 7) is 3.56. The summed E-state index contributed by atoms with van der Waals surface area (Å²) in [6, 6.07) is 8.48. The summed E-state index contributed by atoms with van der Waals surface area (Å²) in [4.78, 5) is 10.9. The molecule has 0 aliphatic carbocycles. The first-order valence-electron chi connectivity index (χ1n) is 3.72. The van der Waals surface area contributed by atoms with Crippen molar-refractivity contribution < 1.29 is 0 Å². The molecule has 1 rings (SSSR count). The zero-order valence-corrected chi connectivity index (χ0v) is 6.73. The summed E-state index contributed by atoms with van der Waals surface area (Å²) in [6.07, 6.45) is 5.43. The summed E-state index contributed by atoms with van der Waals surface area (Å²) in [5, 5.41) is 0. The van der Waals surface area contributed by atoms with E-state index < -0.39 is 0 Å². The zero-order chi connectivity index (χ0) is 8.81. The van der Waals surface area contributed by atoms with Gasteiger partial charge in [0.2, 0.25) is 0 Å². The highest BCUT2D eigenvalue weighted by Gasteiger charge is 1.81. The van der Waals surface area contributed by atoms with Crippen LogP contribution in [0.1, 0.15) is 5.56 Å². The van der Waals surface area contributed by atoms with E-state index in [1.54, 1.807) is 24.3 Å². The van der Waals surface area contributed by atoms with Crippen LogP contribution in [0.15, 0.2) is 53.9 Å². The minimum absolute atomic E-state index is 0.0215. The van der Waals surface area contributed by atoms with E-state index in [0.29, 0.717) is 0 Å². The fraction of sp³-hybridized carbons (Fsp3) is 0. The van der Waals surface area contributed by atoms with Crippen LogP contribution in [-0.4, -0.2) is 0 Å². The monoisotopic (exact) mass is 158 g/mol. The molecule has 0 amide bonds. The fourth-order valence-electron chi connectivity index (χ4n) is 0.834. The average Bonchev–Trinajstić information content (AvgIpc) is 2.27. The van der Waals surface area contributed by atoms with Gasteiger partial charge in [-0.3, -0.25) is 4.79 Å². The topological polar surface area (TPSA) is 17.1 Å². The van der Waals surface area contributed by atoms with E-state index in [9.17, 15) is 4.79 Å². The molecule has 0 spiro atoms. The molecule has 60 valence electrons. The first-order chi connectivity index (χ1) is 5.83. The van der Waals surface area contributed by atoms with Gasteiger partial charge in [0.1, 0.15) is 0 Å². The van der Waals surface area contributed by atoms with E-state index in [0.717, 1.165) is 5.56 Å². The third-order valence-corrected chi connectivity index (χ3v) is 1.41. The maximum atomic E-state index is 10.9. The lowest BCUT2D eigenvalue weighted by atomic mass is 10.2. The highest BCUT2D eigenvalue weighted by Crippen LogP contribution is 1.97. The van der Waals surface area contributed by atoms with Gasteiger partial charge in [0.15, 0.2) is 5.43 Å². The molecule has 1 heteroatoms. The summed E-state index contributed by atoms with van der Waals surface area (Å²) in [7, 11) is 0. The van der Waals surface area contributed by atoms with Crippen molar-refractivity contribution in [2.75, 3.05) is 0 Å². The minimum Gasteiger partial charge on any atom is -0.290 e. The molecule has 1 aromatic carbocycles. The second-order valence-electron chi connectivity index (χ2n) is 2.36. The summed E-state index contributed by atoms with van der Waals surface area (Å²) in [5.41, 5.74) is 1.02. The average molecular weight is 158 g/mol. The van der Waals surface area contributed by atoms with Crippen LogP contribution >= 0.6 is 0 Å². The molecule has 0 unspecified atom stereocenters. The van der Waals surface area contributed by atoms with Crippen molar-refractivity contribution in [1.82, 2.24) is 0 Å². The van der Waals surface area contributed by atoms with Crippen LogP contribution in [-0.2, 0) is 0 Å². The predicted molar refractivity (Wildman–Crippen MR) is 51.9 cm³/mol. The van der Waals surface area contributed by atoms with E-state index in [4.69, 9.17) is 0 Å². The Kier molecular flexibility index (Phi) is 3.03. The Hall–Kier alpha value is -1.63. The molecule has 0 N–H and O–H groups in total. The Morgan fingerprint density at radius 2 is 2.00 bits per heavy atom. The molecule has 0 aliphatic heterocycles. The first kappa shape index (κ1) is 8.47. The lowest BCUT2D eigenvalue weighted by molar-refractivity contribution is 1.68. The Morgan fingerprint density at radius 1 is 1.17 bits per heavy atom. The maximum Gasteiger partial charge on any atom is 0.178 e. The van der Waals surface area contributed by atoms with Crippen LogP contribution < -0.4 is 5.43 Å². The summed E-state index contributed by atoms with van der Waals surface area (Å²) >= 11 is 0. The molecular weight excluding hydrogens is 148 g/mol. The molecule has 0 bridgehead atoms. The van der Waals surface area contributed by atoms with Gasteiger partial charge < -0.3 is 0 Å². The molecule has 0 atom stereocenters. The Balaban J connectivity index is 3.05. The van der Waals surface area contributed by atoms with Gasteiger partial charge in [-0.15, -0.1) is 0 Å². The SMILES string of the molecule is C=C/C=C/c1cccc(=O)cc1. The fourth-order valence-corrected chi connectivity index (χ4v) is 0.834. The Morgan fingerprint density at radius 3 is 2.75 bits per heavy atom. The normalized spacial score (nSPS) is 10.0. The molecule has 0 heterocycles. The van der Waals surface area contributed by atoms with Gasteiger partial charge in [-0.1, -0.05) is 43.0 Å². The summed E-state index contributed by atoms with van der Waals surface area (Å²) in [5.74, 6) is 0. The van der Waals surface area contributed by atoms with E-state index in [-0.39, 0.29) is 5.43 Å². The Labute approximate surface area is 71.7 Å². The largest absolute Gasteiger partial charge is 0.290 e. The molecular formula is C11H10O. The number of hydrogen-bond acceptors (Lipinski definition) is 1. The lowest BCUT2D eigenvalue weighted by Gasteiger charge is -1.81. The summed E-state index contributed by atoms with van der Waals surface area (Å²) < 4.78 is 0. The van der Waals surface area contributed by atoms with Crippen molar-refractivity contribution in [3.63, 3.8) is 0 Å². The standard InChI is InChI=1S/C11H10O/c1-2-3-5-10-6-4-7-11(12)9-8-10/h2-9H,1H2/b5-3+. The highest BCUT2D eigenvalue weighted by atomic mass is 16.1. The van der Waals surface area contributed by atoms with Crippen molar-refractivity contribution in [1.29, 1.82) is 0 Å². The number of rotatable bonds is 2. The zero-order valence-electron chi connectivity index (χ0n) is 6.73. The molecule has 0 aliphatic rings. The Bertz CT molecular complexity index is 350. The second-order valence-corrected chi connectivity index (χ2v) is 2.36.